The Bertz CT molecular complexity index is 873. The fourth-order valence-corrected chi connectivity index (χ4v) is 2.75. The van der Waals surface area contributed by atoms with E-state index in [9.17, 15) is 23.9 Å². The molecule has 3 N–H and O–H groups in total. The first-order valence-corrected chi connectivity index (χ1v) is 9.58. The number of nitrogens with one attached hydrogen (secondary N) is 2. The number of benzene rings is 2. The van der Waals surface area contributed by atoms with E-state index in [0.717, 1.165) is 12.7 Å². The molecular weight excluding hydrogens is 407 g/mol. The van der Waals surface area contributed by atoms with E-state index in [1.807, 2.05) is 6.07 Å². The first kappa shape index (κ1) is 23.8. The summed E-state index contributed by atoms with van der Waals surface area (Å²) in [5.74, 6) is -1.97. The Morgan fingerprint density at radius 1 is 1.00 bits per heavy atom. The third-order valence-electron chi connectivity index (χ3n) is 4.41. The van der Waals surface area contributed by atoms with Crippen LogP contribution in [0.2, 0.25) is 0 Å². The Balaban J connectivity index is 2.00. The monoisotopic (exact) mass is 432 g/mol. The molecule has 8 nitrogen and oxygen atoms in total. The van der Waals surface area contributed by atoms with Crippen molar-refractivity contribution in [3.05, 3.63) is 71.5 Å². The summed E-state index contributed by atoms with van der Waals surface area (Å²) in [7, 11) is 1.16. The van der Waals surface area contributed by atoms with E-state index in [-0.39, 0.29) is 13.0 Å². The maximum Gasteiger partial charge on any atom is 0.408 e. The van der Waals surface area contributed by atoms with Crippen LogP contribution in [0, 0.1) is 5.82 Å². The summed E-state index contributed by atoms with van der Waals surface area (Å²) in [5, 5.41) is 14.7. The molecule has 2 rings (SSSR count). The van der Waals surface area contributed by atoms with Crippen LogP contribution in [0.3, 0.4) is 0 Å². The van der Waals surface area contributed by atoms with E-state index in [0.29, 0.717) is 5.56 Å². The van der Waals surface area contributed by atoms with E-state index < -0.39 is 42.0 Å². The fourth-order valence-electron chi connectivity index (χ4n) is 2.75. The van der Waals surface area contributed by atoms with Crippen molar-refractivity contribution in [3.63, 3.8) is 0 Å². The molecule has 166 valence electrons. The predicted octanol–water partition coefficient (Wildman–Crippen LogP) is 1.70. The Hall–Kier alpha value is -3.46. The number of alkyl carbamates (subject to hydrolysis) is 1. The average molecular weight is 432 g/mol. The highest BCUT2D eigenvalue weighted by Crippen LogP contribution is 2.08. The summed E-state index contributed by atoms with van der Waals surface area (Å²) in [5.41, 5.74) is 1.33. The summed E-state index contributed by atoms with van der Waals surface area (Å²) >= 11 is 0. The first-order chi connectivity index (χ1) is 14.8. The third-order valence-corrected chi connectivity index (χ3v) is 4.41. The number of hydrogen-bond donors (Lipinski definition) is 3. The molecule has 0 aromatic heterocycles. The first-order valence-electron chi connectivity index (χ1n) is 9.58. The second-order valence-electron chi connectivity index (χ2n) is 6.84. The van der Waals surface area contributed by atoms with Gasteiger partial charge in [-0.05, 0) is 30.2 Å². The van der Waals surface area contributed by atoms with E-state index in [1.54, 1.807) is 24.3 Å². The van der Waals surface area contributed by atoms with Crippen LogP contribution in [0.15, 0.2) is 54.6 Å². The zero-order chi connectivity index (χ0) is 22.8. The number of methoxy groups -OCH3 is 1. The number of carbonyl (C=O) groups is 3. The lowest BCUT2D eigenvalue weighted by Gasteiger charge is -2.23. The van der Waals surface area contributed by atoms with Crippen LogP contribution >= 0.6 is 0 Å². The molecule has 0 heterocycles. The SMILES string of the molecule is COC(=O)[C@@H](Cc1ccc(F)cc1)NC(=O)[C@@H](NC(=O)OCc1ccccc1)[C@@H](C)O. The van der Waals surface area contributed by atoms with Crippen molar-refractivity contribution in [1.29, 1.82) is 0 Å². The average Bonchev–Trinajstić information content (AvgIpc) is 2.76. The second-order valence-corrected chi connectivity index (χ2v) is 6.84. The lowest BCUT2D eigenvalue weighted by atomic mass is 10.0. The number of aliphatic hydroxyl groups excluding tert-OH is 1. The summed E-state index contributed by atoms with van der Waals surface area (Å²) in [6, 6.07) is 11.9. The highest BCUT2D eigenvalue weighted by Gasteiger charge is 2.30. The Morgan fingerprint density at radius 3 is 2.23 bits per heavy atom. The van der Waals surface area contributed by atoms with Crippen LogP contribution in [0.1, 0.15) is 18.1 Å². The zero-order valence-electron chi connectivity index (χ0n) is 17.2. The van der Waals surface area contributed by atoms with Gasteiger partial charge in [-0.1, -0.05) is 42.5 Å². The Kier molecular flexibility index (Phi) is 8.95. The number of aliphatic hydroxyl groups is 1. The molecule has 0 saturated heterocycles. The van der Waals surface area contributed by atoms with Gasteiger partial charge in [-0.3, -0.25) is 4.79 Å². The van der Waals surface area contributed by atoms with Gasteiger partial charge >= 0.3 is 12.1 Å². The van der Waals surface area contributed by atoms with Crippen molar-refractivity contribution in [2.24, 2.45) is 0 Å². The van der Waals surface area contributed by atoms with Crippen molar-refractivity contribution in [1.82, 2.24) is 10.6 Å². The van der Waals surface area contributed by atoms with Crippen molar-refractivity contribution in [3.8, 4) is 0 Å². The third kappa shape index (κ3) is 7.71. The van der Waals surface area contributed by atoms with Gasteiger partial charge < -0.3 is 25.2 Å². The highest BCUT2D eigenvalue weighted by molar-refractivity contribution is 5.90. The zero-order valence-corrected chi connectivity index (χ0v) is 17.2. The molecule has 0 spiro atoms. The van der Waals surface area contributed by atoms with Gasteiger partial charge in [0.05, 0.1) is 13.2 Å². The van der Waals surface area contributed by atoms with E-state index in [1.165, 1.54) is 31.2 Å². The van der Waals surface area contributed by atoms with Crippen molar-refractivity contribution in [2.45, 2.75) is 38.1 Å². The normalized spacial score (nSPS) is 13.4. The van der Waals surface area contributed by atoms with Crippen molar-refractivity contribution < 1.29 is 33.4 Å². The molecule has 2 amide bonds. The van der Waals surface area contributed by atoms with Crippen LogP contribution in [0.25, 0.3) is 0 Å². The number of rotatable bonds is 9. The number of ether oxygens (including phenoxy) is 2. The maximum atomic E-state index is 13.1. The molecule has 0 aliphatic rings. The lowest BCUT2D eigenvalue weighted by molar-refractivity contribution is -0.145. The van der Waals surface area contributed by atoms with Gasteiger partial charge in [0.15, 0.2) is 0 Å². The van der Waals surface area contributed by atoms with E-state index in [2.05, 4.69) is 10.6 Å². The van der Waals surface area contributed by atoms with Crippen LogP contribution in [-0.2, 0) is 32.1 Å². The predicted molar refractivity (Wildman–Crippen MR) is 109 cm³/mol. The van der Waals surface area contributed by atoms with Gasteiger partial charge in [0, 0.05) is 6.42 Å². The largest absolute Gasteiger partial charge is 0.467 e. The molecule has 2 aromatic carbocycles. The quantitative estimate of drug-likeness (QED) is 0.520. The molecule has 9 heteroatoms. The molecule has 0 aliphatic carbocycles. The number of hydrogen-bond acceptors (Lipinski definition) is 6. The molecule has 0 unspecified atom stereocenters. The van der Waals surface area contributed by atoms with Crippen molar-refractivity contribution >= 4 is 18.0 Å². The van der Waals surface area contributed by atoms with Crippen LogP contribution in [0.4, 0.5) is 9.18 Å². The van der Waals surface area contributed by atoms with Crippen LogP contribution in [-0.4, -0.2) is 48.4 Å². The van der Waals surface area contributed by atoms with Gasteiger partial charge in [-0.15, -0.1) is 0 Å². The van der Waals surface area contributed by atoms with E-state index >= 15 is 0 Å². The summed E-state index contributed by atoms with van der Waals surface area (Å²) < 4.78 is 22.9. The number of amides is 2. The maximum absolute atomic E-state index is 13.1. The minimum absolute atomic E-state index is 0.0177. The van der Waals surface area contributed by atoms with Gasteiger partial charge in [0.2, 0.25) is 5.91 Å². The molecule has 0 aliphatic heterocycles. The van der Waals surface area contributed by atoms with Gasteiger partial charge in [-0.2, -0.15) is 0 Å². The number of halogens is 1. The molecule has 0 saturated carbocycles. The smallest absolute Gasteiger partial charge is 0.408 e. The topological polar surface area (TPSA) is 114 Å². The lowest BCUT2D eigenvalue weighted by Crippen LogP contribution is -2.56. The molecular formula is C22H25FN2O6. The van der Waals surface area contributed by atoms with Crippen LogP contribution in [0.5, 0.6) is 0 Å². The molecule has 31 heavy (non-hydrogen) atoms. The minimum atomic E-state index is -1.37. The highest BCUT2D eigenvalue weighted by atomic mass is 19.1. The van der Waals surface area contributed by atoms with Gasteiger partial charge in [-0.25, -0.2) is 14.0 Å². The number of esters is 1. The van der Waals surface area contributed by atoms with Gasteiger partial charge in [0.1, 0.15) is 24.5 Å². The molecule has 0 bridgehead atoms. The van der Waals surface area contributed by atoms with Gasteiger partial charge in [0.25, 0.3) is 0 Å². The summed E-state index contributed by atoms with van der Waals surface area (Å²) in [4.78, 5) is 36.9. The van der Waals surface area contributed by atoms with Crippen LogP contribution < -0.4 is 10.6 Å². The molecule has 2 aromatic rings. The second kappa shape index (κ2) is 11.7. The summed E-state index contributed by atoms with van der Waals surface area (Å²) in [6.07, 6.45) is -2.14. The standard InChI is InChI=1S/C22H25FN2O6/c1-14(26)19(25-22(29)31-13-16-6-4-3-5-7-16)20(27)24-18(21(28)30-2)12-15-8-10-17(23)11-9-15/h3-11,14,18-19,26H,12-13H2,1-2H3,(H,24,27)(H,25,29)/t14-,18-,19+/m1/s1. The molecule has 0 fully saturated rings. The van der Waals surface area contributed by atoms with Crippen molar-refractivity contribution in [2.75, 3.05) is 7.11 Å². The van der Waals surface area contributed by atoms with E-state index in [4.69, 9.17) is 9.47 Å². The Morgan fingerprint density at radius 2 is 1.65 bits per heavy atom. The summed E-state index contributed by atoms with van der Waals surface area (Å²) in [6.45, 7) is 1.30. The minimum Gasteiger partial charge on any atom is -0.467 e. The number of carbonyl (C=O) groups excluding carboxylic acids is 3. The fraction of sp³-hybridized carbons (Fsp3) is 0.318. The Labute approximate surface area is 179 Å². The molecule has 3 atom stereocenters. The molecule has 0 radical (unpaired) electrons.